The minimum atomic E-state index is -4.12. The van der Waals surface area contributed by atoms with E-state index in [0.29, 0.717) is 0 Å². The van der Waals surface area contributed by atoms with E-state index in [1.807, 2.05) is 30.5 Å². The summed E-state index contributed by atoms with van der Waals surface area (Å²) in [5.74, 6) is -0.315. The minimum absolute atomic E-state index is 0.258. The van der Waals surface area contributed by atoms with Crippen molar-refractivity contribution >= 4 is 39.5 Å². The van der Waals surface area contributed by atoms with Crippen LogP contribution in [0.1, 0.15) is 39.5 Å². The molecule has 0 aliphatic carbocycles. The Labute approximate surface area is 201 Å². The van der Waals surface area contributed by atoms with Gasteiger partial charge in [0, 0.05) is 28.2 Å². The van der Waals surface area contributed by atoms with E-state index in [2.05, 4.69) is 54.0 Å². The number of hydrogen-bond donors (Lipinski definition) is 1. The molecule has 6 nitrogen and oxygen atoms in total. The van der Waals surface area contributed by atoms with Crippen molar-refractivity contribution in [2.75, 3.05) is 17.2 Å². The molecule has 2 aliphatic rings. The van der Waals surface area contributed by atoms with Gasteiger partial charge in [0.05, 0.1) is 23.2 Å². The molecule has 0 amide bonds. The Morgan fingerprint density at radius 1 is 1.03 bits per heavy atom. The van der Waals surface area contributed by atoms with Gasteiger partial charge in [-0.15, -0.1) is 0 Å². The molecule has 2 atom stereocenters. The van der Waals surface area contributed by atoms with Gasteiger partial charge in [-0.3, -0.25) is 9.55 Å². The molecule has 8 heteroatoms. The molecule has 176 valence electrons. The second-order valence-electron chi connectivity index (χ2n) is 8.36. The lowest BCUT2D eigenvalue weighted by molar-refractivity contribution is 0.212. The normalized spacial score (nSPS) is 18.5. The summed E-state index contributed by atoms with van der Waals surface area (Å²) in [7, 11) is -4.12. The molecule has 0 fully saturated rings. The third-order valence-corrected chi connectivity index (χ3v) is 7.86. The fourth-order valence-electron chi connectivity index (χ4n) is 4.64. The molecule has 2 unspecified atom stereocenters. The summed E-state index contributed by atoms with van der Waals surface area (Å²) in [6.45, 7) is 5.15. The van der Waals surface area contributed by atoms with Gasteiger partial charge in [0.25, 0.3) is 10.1 Å². The SMILES string of the molecule is CCCC1=CC=NC(C(CCS(=O)(=O)O)N2c3ccccc3Sc3ccccc32)N1CCC. The van der Waals surface area contributed by atoms with Crippen molar-refractivity contribution in [3.63, 3.8) is 0 Å². The standard InChI is InChI=1S/C25H31N3O3S2/c1-3-9-19-14-16-26-25(27(19)17-4-2)22(15-18-33(29,30)31)28-20-10-5-7-12-23(20)32-24-13-8-6-11-21(24)28/h5-8,10-14,16,22,25H,3-4,9,15,17-18H2,1-2H3,(H,29,30,31). The number of allylic oxidation sites excluding steroid dienone is 2. The molecule has 4 rings (SSSR count). The quantitative estimate of drug-likeness (QED) is 0.457. The van der Waals surface area contributed by atoms with Crippen LogP contribution in [0.15, 0.2) is 75.1 Å². The van der Waals surface area contributed by atoms with Crippen LogP contribution >= 0.6 is 11.8 Å². The van der Waals surface area contributed by atoms with Gasteiger partial charge < -0.3 is 9.80 Å². The van der Waals surface area contributed by atoms with E-state index in [4.69, 9.17) is 4.99 Å². The van der Waals surface area contributed by atoms with Crippen LogP contribution in [-0.2, 0) is 10.1 Å². The molecule has 2 aromatic rings. The van der Waals surface area contributed by atoms with Gasteiger partial charge in [-0.2, -0.15) is 8.42 Å². The van der Waals surface area contributed by atoms with Crippen molar-refractivity contribution in [3.05, 3.63) is 60.3 Å². The number of aliphatic imine (C=N–C) groups is 1. The van der Waals surface area contributed by atoms with Gasteiger partial charge in [0.15, 0.2) is 0 Å². The molecular formula is C25H31N3O3S2. The van der Waals surface area contributed by atoms with E-state index in [1.54, 1.807) is 11.8 Å². The van der Waals surface area contributed by atoms with Gasteiger partial charge >= 0.3 is 0 Å². The van der Waals surface area contributed by atoms with Gasteiger partial charge in [-0.1, -0.05) is 56.3 Å². The first kappa shape index (κ1) is 23.9. The highest BCUT2D eigenvalue weighted by Crippen LogP contribution is 2.50. The Morgan fingerprint density at radius 3 is 2.24 bits per heavy atom. The molecule has 33 heavy (non-hydrogen) atoms. The monoisotopic (exact) mass is 485 g/mol. The van der Waals surface area contributed by atoms with Gasteiger partial charge in [0.2, 0.25) is 0 Å². The molecule has 0 saturated heterocycles. The van der Waals surface area contributed by atoms with Crippen LogP contribution in [0.3, 0.4) is 0 Å². The summed E-state index contributed by atoms with van der Waals surface area (Å²) >= 11 is 1.72. The first-order chi connectivity index (χ1) is 15.9. The lowest BCUT2D eigenvalue weighted by Crippen LogP contribution is -2.51. The van der Waals surface area contributed by atoms with Crippen molar-refractivity contribution in [1.82, 2.24) is 4.90 Å². The number of benzene rings is 2. The summed E-state index contributed by atoms with van der Waals surface area (Å²) in [6.07, 6.45) is 6.85. The Balaban J connectivity index is 1.83. The molecule has 2 aliphatic heterocycles. The fourth-order valence-corrected chi connectivity index (χ4v) is 6.25. The summed E-state index contributed by atoms with van der Waals surface area (Å²) in [5.41, 5.74) is 3.31. The van der Waals surface area contributed by atoms with Gasteiger partial charge in [-0.25, -0.2) is 0 Å². The summed E-state index contributed by atoms with van der Waals surface area (Å²) in [6, 6.07) is 16.1. The highest BCUT2D eigenvalue weighted by Gasteiger charge is 2.38. The van der Waals surface area contributed by atoms with Gasteiger partial charge in [-0.05, 0) is 49.6 Å². The maximum atomic E-state index is 11.8. The van der Waals surface area contributed by atoms with E-state index in [-0.39, 0.29) is 24.4 Å². The Hall–Kier alpha value is -2.29. The molecule has 0 radical (unpaired) electrons. The molecule has 0 bridgehead atoms. The largest absolute Gasteiger partial charge is 0.351 e. The number of fused-ring (bicyclic) bond motifs is 2. The molecular weight excluding hydrogens is 454 g/mol. The van der Waals surface area contributed by atoms with Crippen LogP contribution in [0.2, 0.25) is 0 Å². The topological polar surface area (TPSA) is 73.2 Å². The Morgan fingerprint density at radius 2 is 1.67 bits per heavy atom. The summed E-state index contributed by atoms with van der Waals surface area (Å²) in [4.78, 5) is 11.7. The van der Waals surface area contributed by atoms with Crippen LogP contribution in [0.5, 0.6) is 0 Å². The van der Waals surface area contributed by atoms with E-state index in [9.17, 15) is 13.0 Å². The smallest absolute Gasteiger partial charge is 0.264 e. The highest BCUT2D eigenvalue weighted by molar-refractivity contribution is 7.99. The molecule has 0 aromatic heterocycles. The van der Waals surface area contributed by atoms with Crippen molar-refractivity contribution in [2.45, 2.75) is 61.5 Å². The highest BCUT2D eigenvalue weighted by atomic mass is 32.2. The van der Waals surface area contributed by atoms with Crippen LogP contribution in [0.4, 0.5) is 11.4 Å². The average molecular weight is 486 g/mol. The third-order valence-electron chi connectivity index (χ3n) is 5.98. The Bertz CT molecular complexity index is 1100. The van der Waals surface area contributed by atoms with Crippen LogP contribution in [-0.4, -0.2) is 48.6 Å². The summed E-state index contributed by atoms with van der Waals surface area (Å²) < 4.78 is 33.3. The maximum absolute atomic E-state index is 11.8. The number of hydrogen-bond acceptors (Lipinski definition) is 6. The fraction of sp³-hybridized carbons (Fsp3) is 0.400. The predicted molar refractivity (Wildman–Crippen MR) is 136 cm³/mol. The maximum Gasteiger partial charge on any atom is 0.264 e. The van der Waals surface area contributed by atoms with Crippen molar-refractivity contribution in [2.24, 2.45) is 4.99 Å². The summed E-state index contributed by atoms with van der Waals surface area (Å²) in [5, 5.41) is 0. The zero-order chi connectivity index (χ0) is 23.4. The van der Waals surface area contributed by atoms with Crippen LogP contribution < -0.4 is 4.90 Å². The second kappa shape index (κ2) is 10.3. The van der Waals surface area contributed by atoms with Crippen LogP contribution in [0.25, 0.3) is 0 Å². The first-order valence-corrected chi connectivity index (χ1v) is 13.9. The first-order valence-electron chi connectivity index (χ1n) is 11.5. The number of rotatable bonds is 9. The van der Waals surface area contributed by atoms with Crippen molar-refractivity contribution in [3.8, 4) is 0 Å². The average Bonchev–Trinajstić information content (AvgIpc) is 2.79. The van der Waals surface area contributed by atoms with Crippen molar-refractivity contribution in [1.29, 1.82) is 0 Å². The number of anilines is 2. The second-order valence-corrected chi connectivity index (χ2v) is 11.0. The van der Waals surface area contributed by atoms with E-state index < -0.39 is 10.1 Å². The van der Waals surface area contributed by atoms with E-state index in [0.717, 1.165) is 47.0 Å². The minimum Gasteiger partial charge on any atom is -0.351 e. The lowest BCUT2D eigenvalue weighted by atomic mass is 10.0. The van der Waals surface area contributed by atoms with E-state index in [1.165, 1.54) is 5.70 Å². The van der Waals surface area contributed by atoms with Gasteiger partial charge in [0.1, 0.15) is 6.17 Å². The molecule has 1 N–H and O–H groups in total. The molecule has 2 heterocycles. The number of nitrogens with zero attached hydrogens (tertiary/aromatic N) is 3. The van der Waals surface area contributed by atoms with Crippen molar-refractivity contribution < 1.29 is 13.0 Å². The number of para-hydroxylation sites is 2. The zero-order valence-electron chi connectivity index (χ0n) is 19.1. The molecule has 0 saturated carbocycles. The Kier molecular flexibility index (Phi) is 7.46. The predicted octanol–water partition coefficient (Wildman–Crippen LogP) is 5.74. The molecule has 0 spiro atoms. The lowest BCUT2D eigenvalue weighted by Gasteiger charge is -2.46. The van der Waals surface area contributed by atoms with Crippen LogP contribution in [0, 0.1) is 0 Å². The zero-order valence-corrected chi connectivity index (χ0v) is 20.7. The van der Waals surface area contributed by atoms with E-state index >= 15 is 0 Å². The third kappa shape index (κ3) is 5.28. The molecule has 2 aromatic carbocycles.